The molecule has 0 spiro atoms. The van der Waals surface area contributed by atoms with Gasteiger partial charge in [-0.3, -0.25) is 9.59 Å². The average molecular weight is 429 g/mol. The Balaban J connectivity index is 1.73. The summed E-state index contributed by atoms with van der Waals surface area (Å²) in [6, 6.07) is 6.44. The average Bonchev–Trinajstić information content (AvgIpc) is 2.89. The normalized spacial score (nSPS) is 13.4. The summed E-state index contributed by atoms with van der Waals surface area (Å²) in [6.45, 7) is 1.94. The minimum Gasteiger partial charge on any atom is -0.507 e. The summed E-state index contributed by atoms with van der Waals surface area (Å²) in [5.74, 6) is -2.42. The van der Waals surface area contributed by atoms with E-state index in [0.29, 0.717) is 16.1 Å². The molecule has 1 aromatic heterocycles. The highest BCUT2D eigenvalue weighted by molar-refractivity contribution is 7.17. The van der Waals surface area contributed by atoms with Crippen molar-refractivity contribution < 1.29 is 24.2 Å². The van der Waals surface area contributed by atoms with Gasteiger partial charge in [-0.05, 0) is 50.3 Å². The van der Waals surface area contributed by atoms with E-state index < -0.39 is 17.8 Å². The number of anilines is 1. The van der Waals surface area contributed by atoms with Gasteiger partial charge in [-0.15, -0.1) is 11.3 Å². The largest absolute Gasteiger partial charge is 0.507 e. The van der Waals surface area contributed by atoms with Crippen molar-refractivity contribution in [2.45, 2.75) is 39.0 Å². The molecule has 9 heteroatoms. The van der Waals surface area contributed by atoms with Crippen LogP contribution in [-0.4, -0.2) is 35.7 Å². The number of phenolic OH excluding ortho intramolecular Hbond substituents is 1. The zero-order valence-electron chi connectivity index (χ0n) is 16.6. The van der Waals surface area contributed by atoms with Crippen LogP contribution >= 0.6 is 11.3 Å². The number of phenols is 1. The third-order valence-corrected chi connectivity index (χ3v) is 5.85. The number of thiophene rings is 1. The molecule has 1 aliphatic carbocycles. The number of para-hydroxylation sites is 1. The molecule has 0 fully saturated rings. The number of hydrazone groups is 1. The van der Waals surface area contributed by atoms with E-state index in [2.05, 4.69) is 15.8 Å². The lowest BCUT2D eigenvalue weighted by Crippen LogP contribution is -2.32. The third kappa shape index (κ3) is 5.04. The van der Waals surface area contributed by atoms with E-state index in [9.17, 15) is 19.5 Å². The van der Waals surface area contributed by atoms with Crippen molar-refractivity contribution in [1.29, 1.82) is 0 Å². The Morgan fingerprint density at radius 3 is 2.70 bits per heavy atom. The summed E-state index contributed by atoms with van der Waals surface area (Å²) in [5, 5.41) is 16.2. The number of carbonyl (C=O) groups is 3. The lowest BCUT2D eigenvalue weighted by atomic mass is 10.1. The number of carbonyl (C=O) groups excluding carboxylic acids is 3. The van der Waals surface area contributed by atoms with Crippen LogP contribution in [0.25, 0.3) is 0 Å². The second kappa shape index (κ2) is 10.0. The van der Waals surface area contributed by atoms with Gasteiger partial charge in [-0.1, -0.05) is 18.6 Å². The molecule has 1 aromatic carbocycles. The van der Waals surface area contributed by atoms with Crippen LogP contribution in [0.1, 0.15) is 52.5 Å². The van der Waals surface area contributed by atoms with Crippen LogP contribution in [-0.2, 0) is 27.2 Å². The van der Waals surface area contributed by atoms with Crippen LogP contribution in [0.3, 0.4) is 0 Å². The molecular formula is C21H23N3O5S. The van der Waals surface area contributed by atoms with Crippen molar-refractivity contribution in [1.82, 2.24) is 5.43 Å². The van der Waals surface area contributed by atoms with Gasteiger partial charge in [0.05, 0.1) is 18.4 Å². The topological polar surface area (TPSA) is 117 Å². The first-order valence-corrected chi connectivity index (χ1v) is 10.6. The molecule has 0 radical (unpaired) electrons. The number of nitrogens with zero attached hydrogens (tertiary/aromatic N) is 1. The number of amides is 2. The van der Waals surface area contributed by atoms with Gasteiger partial charge in [0.25, 0.3) is 0 Å². The Morgan fingerprint density at radius 1 is 1.17 bits per heavy atom. The van der Waals surface area contributed by atoms with E-state index in [4.69, 9.17) is 4.74 Å². The second-order valence-electron chi connectivity index (χ2n) is 6.70. The molecule has 2 aromatic rings. The first kappa shape index (κ1) is 21.5. The van der Waals surface area contributed by atoms with Crippen molar-refractivity contribution in [3.63, 3.8) is 0 Å². The monoisotopic (exact) mass is 429 g/mol. The lowest BCUT2D eigenvalue weighted by Gasteiger charge is -2.08. The second-order valence-corrected chi connectivity index (χ2v) is 7.81. The Morgan fingerprint density at radius 2 is 1.93 bits per heavy atom. The van der Waals surface area contributed by atoms with Crippen LogP contribution in [0.15, 0.2) is 29.4 Å². The molecule has 0 atom stereocenters. The van der Waals surface area contributed by atoms with Gasteiger partial charge in [0.2, 0.25) is 0 Å². The predicted octanol–water partition coefficient (Wildman–Crippen LogP) is 2.99. The highest BCUT2D eigenvalue weighted by atomic mass is 32.1. The number of rotatable bonds is 5. The molecule has 0 aliphatic heterocycles. The van der Waals surface area contributed by atoms with Gasteiger partial charge >= 0.3 is 17.8 Å². The molecule has 0 bridgehead atoms. The molecular weight excluding hydrogens is 406 g/mol. The lowest BCUT2D eigenvalue weighted by molar-refractivity contribution is -0.136. The summed E-state index contributed by atoms with van der Waals surface area (Å²) >= 11 is 1.31. The first-order chi connectivity index (χ1) is 14.5. The van der Waals surface area contributed by atoms with Crippen molar-refractivity contribution >= 4 is 40.3 Å². The molecule has 30 heavy (non-hydrogen) atoms. The highest BCUT2D eigenvalue weighted by Crippen LogP contribution is 2.38. The van der Waals surface area contributed by atoms with Crippen molar-refractivity contribution in [3.05, 3.63) is 45.8 Å². The minimum atomic E-state index is -0.986. The van der Waals surface area contributed by atoms with Crippen LogP contribution in [0, 0.1) is 0 Å². The smallest absolute Gasteiger partial charge is 0.341 e. The fourth-order valence-electron chi connectivity index (χ4n) is 3.22. The quantitative estimate of drug-likeness (QED) is 0.222. The SMILES string of the molecule is CCOC(=O)c1c(NC(=O)C(=O)N/N=C/c2ccccc2O)sc2c1CCCCC2. The standard InChI is InChI=1S/C21H23N3O5S/c1-2-29-21(28)17-14-9-4-3-5-11-16(14)30-20(17)23-18(26)19(27)24-22-12-13-8-6-7-10-15(13)25/h6-8,10,12,25H,2-5,9,11H2,1H3,(H,23,26)(H,24,27)/b22-12+. The third-order valence-electron chi connectivity index (χ3n) is 4.64. The highest BCUT2D eigenvalue weighted by Gasteiger charge is 2.27. The van der Waals surface area contributed by atoms with Crippen LogP contribution in [0.5, 0.6) is 5.75 Å². The molecule has 158 valence electrons. The zero-order valence-corrected chi connectivity index (χ0v) is 17.4. The van der Waals surface area contributed by atoms with E-state index in [1.165, 1.54) is 23.6 Å². The summed E-state index contributed by atoms with van der Waals surface area (Å²) < 4.78 is 5.17. The molecule has 2 amide bonds. The number of aryl methyl sites for hydroxylation is 1. The maximum absolute atomic E-state index is 12.5. The number of benzene rings is 1. The number of esters is 1. The molecule has 1 aliphatic rings. The number of ether oxygens (including phenoxy) is 1. The van der Waals surface area contributed by atoms with Gasteiger partial charge in [0, 0.05) is 10.4 Å². The fraction of sp³-hybridized carbons (Fsp3) is 0.333. The van der Waals surface area contributed by atoms with Gasteiger partial charge < -0.3 is 15.2 Å². The molecule has 8 nitrogen and oxygen atoms in total. The van der Waals surface area contributed by atoms with E-state index in [1.807, 2.05) is 0 Å². The molecule has 1 heterocycles. The van der Waals surface area contributed by atoms with Crippen molar-refractivity contribution in [3.8, 4) is 5.75 Å². The fourth-order valence-corrected chi connectivity index (χ4v) is 4.49. The van der Waals surface area contributed by atoms with Crippen LogP contribution < -0.4 is 10.7 Å². The zero-order chi connectivity index (χ0) is 21.5. The summed E-state index contributed by atoms with van der Waals surface area (Å²) in [6.07, 6.45) is 5.88. The molecule has 0 saturated heterocycles. The number of fused-ring (bicyclic) bond motifs is 1. The van der Waals surface area contributed by atoms with Gasteiger partial charge in [-0.2, -0.15) is 5.10 Å². The minimum absolute atomic E-state index is 0.000821. The van der Waals surface area contributed by atoms with Crippen molar-refractivity contribution in [2.75, 3.05) is 11.9 Å². The van der Waals surface area contributed by atoms with Crippen LogP contribution in [0.4, 0.5) is 5.00 Å². The summed E-state index contributed by atoms with van der Waals surface area (Å²) in [4.78, 5) is 38.0. The van der Waals surface area contributed by atoms with Gasteiger partial charge in [0.15, 0.2) is 0 Å². The van der Waals surface area contributed by atoms with E-state index >= 15 is 0 Å². The molecule has 3 rings (SSSR count). The molecule has 0 saturated carbocycles. The maximum atomic E-state index is 12.5. The number of nitrogens with one attached hydrogen (secondary N) is 2. The van der Waals surface area contributed by atoms with E-state index in [1.54, 1.807) is 25.1 Å². The summed E-state index contributed by atoms with van der Waals surface area (Å²) in [5.41, 5.74) is 3.76. The van der Waals surface area contributed by atoms with Crippen molar-refractivity contribution in [2.24, 2.45) is 5.10 Å². The number of aromatic hydroxyl groups is 1. The Hall–Kier alpha value is -3.20. The Kier molecular flexibility index (Phi) is 7.18. The number of hydrogen-bond acceptors (Lipinski definition) is 7. The maximum Gasteiger partial charge on any atom is 0.341 e. The summed E-state index contributed by atoms with van der Waals surface area (Å²) in [7, 11) is 0. The van der Waals surface area contributed by atoms with E-state index in [0.717, 1.165) is 42.5 Å². The van der Waals surface area contributed by atoms with Gasteiger partial charge in [0.1, 0.15) is 10.8 Å². The van der Waals surface area contributed by atoms with Crippen LogP contribution in [0.2, 0.25) is 0 Å². The Bertz CT molecular complexity index is 983. The van der Waals surface area contributed by atoms with E-state index in [-0.39, 0.29) is 12.4 Å². The van der Waals surface area contributed by atoms with Gasteiger partial charge in [-0.25, -0.2) is 10.2 Å². The first-order valence-electron chi connectivity index (χ1n) is 9.75. The molecule has 3 N–H and O–H groups in total. The molecule has 0 unspecified atom stereocenters. The Labute approximate surface area is 177 Å². The predicted molar refractivity (Wildman–Crippen MR) is 114 cm³/mol. The number of hydrogen-bond donors (Lipinski definition) is 3.